The van der Waals surface area contributed by atoms with E-state index in [1.54, 1.807) is 18.3 Å². The van der Waals surface area contributed by atoms with Gasteiger partial charge in [0.1, 0.15) is 5.57 Å². The van der Waals surface area contributed by atoms with Crippen molar-refractivity contribution in [1.29, 1.82) is 0 Å². The second-order valence-electron chi connectivity index (χ2n) is 10.3. The highest BCUT2D eigenvalue weighted by Gasteiger charge is 2.35. The first-order valence-corrected chi connectivity index (χ1v) is 13.4. The molecule has 4 heterocycles. The van der Waals surface area contributed by atoms with Crippen molar-refractivity contribution in [1.82, 2.24) is 4.90 Å². The van der Waals surface area contributed by atoms with Gasteiger partial charge in [-0.25, -0.2) is 9.18 Å². The first-order chi connectivity index (χ1) is 19.4. The van der Waals surface area contributed by atoms with Crippen LogP contribution in [0.25, 0.3) is 28.3 Å². The van der Waals surface area contributed by atoms with E-state index >= 15 is 4.39 Å². The molecule has 0 aliphatic carbocycles. The Balaban J connectivity index is 1.32. The second-order valence-corrected chi connectivity index (χ2v) is 10.3. The molecule has 1 saturated heterocycles. The minimum absolute atomic E-state index is 0.120. The van der Waals surface area contributed by atoms with Crippen LogP contribution in [0.5, 0.6) is 11.5 Å². The molecular formula is C29H29FN6O4+2. The largest absolute Gasteiger partial charge is 0.478 e. The van der Waals surface area contributed by atoms with Gasteiger partial charge in [-0.3, -0.25) is 4.90 Å². The Hall–Kier alpha value is -4.48. The number of nitrogens with one attached hydrogen (secondary N) is 3. The number of carbonyl (C=O) groups is 1. The number of carboxylic acid groups (broad SMARTS) is 1. The highest BCUT2D eigenvalue weighted by atomic mass is 19.1. The van der Waals surface area contributed by atoms with Crippen LogP contribution in [0.1, 0.15) is 12.0 Å². The summed E-state index contributed by atoms with van der Waals surface area (Å²) in [6, 6.07) is 10.6. The first kappa shape index (κ1) is 24.6. The summed E-state index contributed by atoms with van der Waals surface area (Å²) in [5.74, 6) is -0.293. The van der Waals surface area contributed by atoms with Crippen LogP contribution in [0.4, 0.5) is 27.1 Å². The van der Waals surface area contributed by atoms with E-state index in [1.165, 1.54) is 6.07 Å². The van der Waals surface area contributed by atoms with Gasteiger partial charge in [0.05, 0.1) is 30.7 Å². The van der Waals surface area contributed by atoms with Crippen molar-refractivity contribution in [3.63, 3.8) is 0 Å². The van der Waals surface area contributed by atoms with Crippen molar-refractivity contribution in [2.24, 2.45) is 0 Å². The summed E-state index contributed by atoms with van der Waals surface area (Å²) >= 11 is 0. The lowest BCUT2D eigenvalue weighted by atomic mass is 9.99. The van der Waals surface area contributed by atoms with Crippen molar-refractivity contribution >= 4 is 57.0 Å². The molecular weight excluding hydrogens is 515 g/mol. The lowest BCUT2D eigenvalue weighted by Crippen LogP contribution is -2.38. The number of carboxylic acids is 1. The Kier molecular flexibility index (Phi) is 5.90. The normalized spacial score (nSPS) is 16.1. The monoisotopic (exact) mass is 544 g/mol. The number of rotatable bonds is 6. The minimum atomic E-state index is -1.04. The molecule has 11 heteroatoms. The van der Waals surface area contributed by atoms with Gasteiger partial charge in [-0.2, -0.15) is 4.98 Å². The Morgan fingerprint density at radius 1 is 1.18 bits per heavy atom. The van der Waals surface area contributed by atoms with Gasteiger partial charge in [0.2, 0.25) is 0 Å². The van der Waals surface area contributed by atoms with Gasteiger partial charge in [0.15, 0.2) is 29.2 Å². The van der Waals surface area contributed by atoms with Crippen LogP contribution >= 0.6 is 0 Å². The van der Waals surface area contributed by atoms with Gasteiger partial charge in [-0.1, -0.05) is 0 Å². The summed E-state index contributed by atoms with van der Waals surface area (Å²) in [7, 11) is 0. The maximum Gasteiger partial charge on any atom is 0.337 e. The van der Waals surface area contributed by atoms with Gasteiger partial charge in [-0.15, -0.1) is 4.57 Å². The summed E-state index contributed by atoms with van der Waals surface area (Å²) in [6.07, 6.45) is 2.58. The number of anilines is 4. The molecule has 3 aliphatic rings. The molecule has 4 aromatic rings. The quantitative estimate of drug-likeness (QED) is 0.111. The van der Waals surface area contributed by atoms with Crippen molar-refractivity contribution < 1.29 is 33.3 Å². The van der Waals surface area contributed by atoms with E-state index < -0.39 is 11.8 Å². The fourth-order valence-electron chi connectivity index (χ4n) is 5.70. The lowest BCUT2D eigenvalue weighted by Gasteiger charge is -2.26. The summed E-state index contributed by atoms with van der Waals surface area (Å²) in [6.45, 7) is 4.78. The molecule has 0 saturated carbocycles. The van der Waals surface area contributed by atoms with Crippen LogP contribution in [0, 0.1) is 5.82 Å². The second kappa shape index (κ2) is 9.61. The van der Waals surface area contributed by atoms with Crippen molar-refractivity contribution in [3.8, 4) is 11.5 Å². The Labute approximate surface area is 228 Å². The van der Waals surface area contributed by atoms with E-state index in [1.807, 2.05) is 22.8 Å². The number of nitrogens with two attached hydrogens (primary N) is 1. The molecule has 0 spiro atoms. The molecule has 204 valence electrons. The van der Waals surface area contributed by atoms with Crippen molar-refractivity contribution in [3.05, 3.63) is 53.4 Å². The maximum atomic E-state index is 15.6. The number of aromatic amines is 1. The zero-order valence-corrected chi connectivity index (χ0v) is 21.7. The number of nitrogens with zero attached hydrogens (tertiary/aromatic N) is 2. The number of hydrogen-bond acceptors (Lipinski definition) is 7. The smallest absolute Gasteiger partial charge is 0.337 e. The highest BCUT2D eigenvalue weighted by Crippen LogP contribution is 2.44. The van der Waals surface area contributed by atoms with E-state index in [0.29, 0.717) is 51.5 Å². The van der Waals surface area contributed by atoms with Crippen LogP contribution in [-0.4, -0.2) is 55.4 Å². The molecule has 3 aromatic carbocycles. The van der Waals surface area contributed by atoms with E-state index in [2.05, 4.69) is 20.5 Å². The van der Waals surface area contributed by atoms with Gasteiger partial charge in [-0.05, 0) is 31.2 Å². The number of nitrogen functional groups attached to an aromatic ring is 1. The molecule has 10 nitrogen and oxygen atoms in total. The van der Waals surface area contributed by atoms with Gasteiger partial charge < -0.3 is 30.9 Å². The number of H-pyrrole nitrogens is 1. The molecule has 40 heavy (non-hydrogen) atoms. The highest BCUT2D eigenvalue weighted by molar-refractivity contribution is 5.96. The number of aromatic nitrogens is 2. The van der Waals surface area contributed by atoms with Crippen LogP contribution < -0.4 is 30.7 Å². The molecule has 0 radical (unpaired) electrons. The maximum absolute atomic E-state index is 15.6. The average Bonchev–Trinajstić information content (AvgIpc) is 2.95. The van der Waals surface area contributed by atoms with E-state index in [0.717, 1.165) is 56.2 Å². The van der Waals surface area contributed by atoms with Crippen LogP contribution in [-0.2, 0) is 16.0 Å². The first-order valence-electron chi connectivity index (χ1n) is 13.4. The van der Waals surface area contributed by atoms with Gasteiger partial charge >= 0.3 is 11.5 Å². The summed E-state index contributed by atoms with van der Waals surface area (Å²) < 4.78 is 29.0. The van der Waals surface area contributed by atoms with Crippen molar-refractivity contribution in [2.45, 2.75) is 12.8 Å². The summed E-state index contributed by atoms with van der Waals surface area (Å²) in [5, 5.41) is 16.5. The SMILES string of the molecule is Nc1ccc2c(c1)Oc1cc3c(cc1N2)[nH+]c1c(NCCCN2CCOCC2)c(F)cc2c1[n+]3C=C(C(=O)O)C2. The summed E-state index contributed by atoms with van der Waals surface area (Å²) in [4.78, 5) is 17.8. The zero-order valence-electron chi connectivity index (χ0n) is 21.7. The van der Waals surface area contributed by atoms with E-state index in [-0.39, 0.29) is 12.0 Å². The predicted molar refractivity (Wildman–Crippen MR) is 148 cm³/mol. The predicted octanol–water partition coefficient (Wildman–Crippen LogP) is 3.28. The number of morpholine rings is 1. The van der Waals surface area contributed by atoms with Gasteiger partial charge in [0, 0.05) is 49.4 Å². The standard InChI is InChI=1S/C29H27FN6O4/c30-19-11-16-10-17(29(37)38)15-36-23-14-25-22(33-20-3-2-18(31)12-24(20)40-25)13-21(23)34-27(28(16)36)26(19)32-4-1-5-35-6-8-39-9-7-35/h2-3,11-15H,1,4-10H2,(H4,31,32,33,34,37,38)/p+2. The van der Waals surface area contributed by atoms with Gasteiger partial charge in [0.25, 0.3) is 16.6 Å². The number of aliphatic carboxylic acids is 1. The molecule has 0 bridgehead atoms. The number of fused-ring (bicyclic) bond motifs is 4. The Morgan fingerprint density at radius 3 is 2.83 bits per heavy atom. The van der Waals surface area contributed by atoms with E-state index in [4.69, 9.17) is 15.2 Å². The van der Waals surface area contributed by atoms with Crippen molar-refractivity contribution in [2.75, 3.05) is 55.8 Å². The molecule has 0 amide bonds. The average molecular weight is 545 g/mol. The Morgan fingerprint density at radius 2 is 2.00 bits per heavy atom. The third kappa shape index (κ3) is 4.23. The molecule has 0 unspecified atom stereocenters. The van der Waals surface area contributed by atoms with Crippen LogP contribution in [0.15, 0.2) is 42.0 Å². The molecule has 1 fully saturated rings. The minimum Gasteiger partial charge on any atom is -0.478 e. The van der Waals surface area contributed by atoms with Crippen LogP contribution in [0.2, 0.25) is 0 Å². The van der Waals surface area contributed by atoms with Crippen LogP contribution in [0.3, 0.4) is 0 Å². The molecule has 6 N–H and O–H groups in total. The molecule has 7 rings (SSSR count). The van der Waals surface area contributed by atoms with E-state index in [9.17, 15) is 9.90 Å². The fraction of sp³-hybridized carbons (Fsp3) is 0.276. The summed E-state index contributed by atoms with van der Waals surface area (Å²) in [5.41, 5.74) is 11.9. The molecule has 0 atom stereocenters. The zero-order chi connectivity index (χ0) is 27.4. The number of ether oxygens (including phenoxy) is 2. The topological polar surface area (TPSA) is 127 Å². The number of halogens is 1. The lowest BCUT2D eigenvalue weighted by molar-refractivity contribution is -0.520. The third-order valence-electron chi connectivity index (χ3n) is 7.68. The third-order valence-corrected chi connectivity index (χ3v) is 7.68. The Bertz CT molecular complexity index is 1730. The molecule has 3 aliphatic heterocycles. The number of hydrogen-bond donors (Lipinski definition) is 4. The fourth-order valence-corrected chi connectivity index (χ4v) is 5.70. The number of benzene rings is 3. The molecule has 1 aromatic heterocycles.